The minimum Gasteiger partial charge on any atom is -0.497 e. The van der Waals surface area contributed by atoms with Gasteiger partial charge in [0.2, 0.25) is 5.95 Å². The zero-order valence-electron chi connectivity index (χ0n) is 17.0. The maximum absolute atomic E-state index is 12.5. The van der Waals surface area contributed by atoms with Gasteiger partial charge < -0.3 is 15.4 Å². The Hall–Kier alpha value is -3.41. The Labute approximate surface area is 171 Å². The summed E-state index contributed by atoms with van der Waals surface area (Å²) in [7, 11) is 1.65. The Morgan fingerprint density at radius 3 is 2.34 bits per heavy atom. The number of aryl methyl sites for hydroxylation is 2. The summed E-state index contributed by atoms with van der Waals surface area (Å²) in [5.74, 6) is 1.08. The molecular formula is C23H26N4O2. The number of anilines is 1. The molecule has 29 heavy (non-hydrogen) atoms. The van der Waals surface area contributed by atoms with Crippen molar-refractivity contribution in [3.05, 3.63) is 82.7 Å². The van der Waals surface area contributed by atoms with Gasteiger partial charge in [-0.15, -0.1) is 0 Å². The highest BCUT2D eigenvalue weighted by Gasteiger charge is 2.10. The summed E-state index contributed by atoms with van der Waals surface area (Å²) in [6, 6.07) is 17.7. The van der Waals surface area contributed by atoms with E-state index in [0.29, 0.717) is 24.7 Å². The molecule has 0 aliphatic rings. The highest BCUT2D eigenvalue weighted by Crippen LogP contribution is 2.12. The number of hydrogen-bond acceptors (Lipinski definition) is 5. The monoisotopic (exact) mass is 390 g/mol. The van der Waals surface area contributed by atoms with Crippen LogP contribution in [0.25, 0.3) is 0 Å². The molecule has 0 radical (unpaired) electrons. The summed E-state index contributed by atoms with van der Waals surface area (Å²) in [6.07, 6.45) is 0.816. The van der Waals surface area contributed by atoms with Gasteiger partial charge in [-0.25, -0.2) is 9.97 Å². The fourth-order valence-electron chi connectivity index (χ4n) is 2.85. The predicted octanol–water partition coefficient (Wildman–Crippen LogP) is 3.69. The third kappa shape index (κ3) is 6.04. The predicted molar refractivity (Wildman–Crippen MR) is 114 cm³/mol. The lowest BCUT2D eigenvalue weighted by Crippen LogP contribution is -2.24. The molecule has 1 heterocycles. The molecule has 1 amide bonds. The number of carbonyl (C=O) groups is 1. The van der Waals surface area contributed by atoms with Crippen molar-refractivity contribution in [3.8, 4) is 5.75 Å². The summed E-state index contributed by atoms with van der Waals surface area (Å²) in [4.78, 5) is 21.2. The number of nitrogens with zero attached hydrogens (tertiary/aromatic N) is 2. The van der Waals surface area contributed by atoms with E-state index >= 15 is 0 Å². The Morgan fingerprint density at radius 1 is 0.966 bits per heavy atom. The number of amides is 1. The second-order valence-corrected chi connectivity index (χ2v) is 6.91. The molecule has 0 unspecified atom stereocenters. The zero-order chi connectivity index (χ0) is 20.6. The molecule has 0 saturated carbocycles. The highest BCUT2D eigenvalue weighted by atomic mass is 16.5. The van der Waals surface area contributed by atoms with Crippen LogP contribution in [0, 0.1) is 13.8 Å². The van der Waals surface area contributed by atoms with Crippen LogP contribution in [0.1, 0.15) is 32.9 Å². The first kappa shape index (κ1) is 20.3. The molecule has 0 spiro atoms. The van der Waals surface area contributed by atoms with Gasteiger partial charge in [-0.1, -0.05) is 42.0 Å². The summed E-state index contributed by atoms with van der Waals surface area (Å²) in [6.45, 7) is 5.02. The number of ether oxygens (including phenoxy) is 1. The minimum absolute atomic E-state index is 0.214. The number of hydrogen-bond donors (Lipinski definition) is 2. The standard InChI is InChI=1S/C23H26N4O2/c1-16-4-6-19(7-5-16)15-25-22(28)21-14-17(2)26-23(27-21)24-13-12-18-8-10-20(29-3)11-9-18/h4-11,14H,12-13,15H2,1-3H3,(H,25,28)(H,24,26,27). The Balaban J connectivity index is 1.56. The van der Waals surface area contributed by atoms with E-state index in [1.54, 1.807) is 13.2 Å². The summed E-state index contributed by atoms with van der Waals surface area (Å²) >= 11 is 0. The van der Waals surface area contributed by atoms with Crippen molar-refractivity contribution in [2.75, 3.05) is 19.0 Å². The van der Waals surface area contributed by atoms with Gasteiger partial charge in [-0.05, 0) is 49.6 Å². The molecule has 2 aromatic carbocycles. The van der Waals surface area contributed by atoms with Gasteiger partial charge in [0.25, 0.3) is 5.91 Å². The molecule has 0 atom stereocenters. The van der Waals surface area contributed by atoms with E-state index in [-0.39, 0.29) is 5.91 Å². The molecule has 150 valence electrons. The van der Waals surface area contributed by atoms with Crippen LogP contribution < -0.4 is 15.4 Å². The Bertz CT molecular complexity index is 954. The van der Waals surface area contributed by atoms with Crippen molar-refractivity contribution in [2.24, 2.45) is 0 Å². The largest absolute Gasteiger partial charge is 0.497 e. The van der Waals surface area contributed by atoms with Crippen LogP contribution in [0.4, 0.5) is 5.95 Å². The molecule has 0 fully saturated rings. The molecule has 6 nitrogen and oxygen atoms in total. The Kier molecular flexibility index (Phi) is 6.79. The molecule has 2 N–H and O–H groups in total. The molecule has 3 rings (SSSR count). The van der Waals surface area contributed by atoms with Gasteiger partial charge in [-0.2, -0.15) is 0 Å². The van der Waals surface area contributed by atoms with E-state index < -0.39 is 0 Å². The van der Waals surface area contributed by atoms with Crippen molar-refractivity contribution in [2.45, 2.75) is 26.8 Å². The Morgan fingerprint density at radius 2 is 1.66 bits per heavy atom. The molecule has 1 aromatic heterocycles. The van der Waals surface area contributed by atoms with Crippen LogP contribution >= 0.6 is 0 Å². The van der Waals surface area contributed by atoms with Crippen LogP contribution in [-0.4, -0.2) is 29.5 Å². The van der Waals surface area contributed by atoms with Crippen LogP contribution in [-0.2, 0) is 13.0 Å². The average Bonchev–Trinajstić information content (AvgIpc) is 2.73. The van der Waals surface area contributed by atoms with Crippen molar-refractivity contribution >= 4 is 11.9 Å². The van der Waals surface area contributed by atoms with Gasteiger partial charge in [0.1, 0.15) is 11.4 Å². The maximum Gasteiger partial charge on any atom is 0.270 e. The molecule has 0 aliphatic carbocycles. The van der Waals surface area contributed by atoms with E-state index in [2.05, 4.69) is 20.6 Å². The molecule has 3 aromatic rings. The number of rotatable bonds is 8. The van der Waals surface area contributed by atoms with E-state index in [9.17, 15) is 4.79 Å². The normalized spacial score (nSPS) is 10.4. The van der Waals surface area contributed by atoms with Gasteiger partial charge in [0.15, 0.2) is 0 Å². The second kappa shape index (κ2) is 9.68. The fourth-order valence-corrected chi connectivity index (χ4v) is 2.85. The van der Waals surface area contributed by atoms with Crippen molar-refractivity contribution in [1.82, 2.24) is 15.3 Å². The summed E-state index contributed by atoms with van der Waals surface area (Å²) in [5, 5.41) is 6.12. The third-order valence-electron chi connectivity index (χ3n) is 4.52. The number of aromatic nitrogens is 2. The lowest BCUT2D eigenvalue weighted by atomic mass is 10.1. The molecule has 0 saturated heterocycles. The van der Waals surface area contributed by atoms with Crippen LogP contribution in [0.5, 0.6) is 5.75 Å². The van der Waals surface area contributed by atoms with Gasteiger partial charge in [0, 0.05) is 18.8 Å². The number of benzene rings is 2. The first-order chi connectivity index (χ1) is 14.0. The van der Waals surface area contributed by atoms with Gasteiger partial charge in [-0.3, -0.25) is 4.79 Å². The van der Waals surface area contributed by atoms with Crippen LogP contribution in [0.3, 0.4) is 0 Å². The highest BCUT2D eigenvalue weighted by molar-refractivity contribution is 5.92. The van der Waals surface area contributed by atoms with E-state index in [0.717, 1.165) is 23.4 Å². The number of nitrogens with one attached hydrogen (secondary N) is 2. The van der Waals surface area contributed by atoms with Crippen molar-refractivity contribution in [1.29, 1.82) is 0 Å². The SMILES string of the molecule is COc1ccc(CCNc2nc(C)cc(C(=O)NCc3ccc(C)cc3)n2)cc1. The molecule has 6 heteroatoms. The second-order valence-electron chi connectivity index (χ2n) is 6.91. The van der Waals surface area contributed by atoms with E-state index in [4.69, 9.17) is 4.74 Å². The third-order valence-corrected chi connectivity index (χ3v) is 4.52. The average molecular weight is 390 g/mol. The summed E-state index contributed by atoms with van der Waals surface area (Å²) < 4.78 is 5.17. The van der Waals surface area contributed by atoms with Crippen molar-refractivity contribution in [3.63, 3.8) is 0 Å². The number of carbonyl (C=O) groups excluding carboxylic acids is 1. The zero-order valence-corrected chi connectivity index (χ0v) is 17.0. The number of methoxy groups -OCH3 is 1. The first-order valence-corrected chi connectivity index (χ1v) is 9.60. The lowest BCUT2D eigenvalue weighted by Gasteiger charge is -2.09. The van der Waals surface area contributed by atoms with Crippen LogP contribution in [0.15, 0.2) is 54.6 Å². The van der Waals surface area contributed by atoms with Gasteiger partial charge in [0.05, 0.1) is 7.11 Å². The van der Waals surface area contributed by atoms with Crippen molar-refractivity contribution < 1.29 is 9.53 Å². The van der Waals surface area contributed by atoms with E-state index in [1.807, 2.05) is 62.4 Å². The first-order valence-electron chi connectivity index (χ1n) is 9.60. The quantitative estimate of drug-likeness (QED) is 0.614. The maximum atomic E-state index is 12.5. The molecular weight excluding hydrogens is 364 g/mol. The molecule has 0 bridgehead atoms. The minimum atomic E-state index is -0.214. The lowest BCUT2D eigenvalue weighted by molar-refractivity contribution is 0.0945. The van der Waals surface area contributed by atoms with Gasteiger partial charge >= 0.3 is 0 Å². The topological polar surface area (TPSA) is 76.1 Å². The molecule has 0 aliphatic heterocycles. The van der Waals surface area contributed by atoms with Crippen LogP contribution in [0.2, 0.25) is 0 Å². The van der Waals surface area contributed by atoms with E-state index in [1.165, 1.54) is 11.1 Å². The fraction of sp³-hybridized carbons (Fsp3) is 0.261. The smallest absolute Gasteiger partial charge is 0.270 e. The summed E-state index contributed by atoms with van der Waals surface area (Å²) in [5.41, 5.74) is 4.52.